The van der Waals surface area contributed by atoms with Gasteiger partial charge in [-0.05, 0) is 49.1 Å². The van der Waals surface area contributed by atoms with E-state index in [0.29, 0.717) is 12.0 Å². The van der Waals surface area contributed by atoms with Gasteiger partial charge in [-0.25, -0.2) is 0 Å². The third-order valence-corrected chi connectivity index (χ3v) is 4.04. The lowest BCUT2D eigenvalue weighted by Gasteiger charge is -2.27. The topological polar surface area (TPSA) is 35.5 Å². The molecule has 0 aliphatic heterocycles. The molecule has 0 atom stereocenters. The lowest BCUT2D eigenvalue weighted by atomic mass is 10.1. The molecule has 1 aromatic rings. The van der Waals surface area contributed by atoms with Crippen LogP contribution in [0.15, 0.2) is 22.7 Å². The van der Waals surface area contributed by atoms with E-state index in [4.69, 9.17) is 0 Å². The molecule has 2 rings (SSSR count). The number of rotatable bonds is 8. The Bertz CT molecular complexity index is 432. The average molecular weight is 341 g/mol. The Morgan fingerprint density at radius 2 is 2.15 bits per heavy atom. The molecule has 0 bridgehead atoms. The highest BCUT2D eigenvalue weighted by molar-refractivity contribution is 9.10. The monoisotopic (exact) mass is 340 g/mol. The van der Waals surface area contributed by atoms with E-state index in [1.165, 1.54) is 24.1 Å². The summed E-state index contributed by atoms with van der Waals surface area (Å²) in [4.78, 5) is 2.36. The number of hydrogen-bond acceptors (Lipinski definition) is 3. The Kier molecular flexibility index (Phi) is 5.87. The Labute approximate surface area is 130 Å². The van der Waals surface area contributed by atoms with E-state index >= 15 is 0 Å². The van der Waals surface area contributed by atoms with Crippen LogP contribution in [0.1, 0.15) is 32.3 Å². The van der Waals surface area contributed by atoms with Gasteiger partial charge in [0.25, 0.3) is 0 Å². The van der Waals surface area contributed by atoms with Crippen LogP contribution in [-0.4, -0.2) is 30.8 Å². The van der Waals surface area contributed by atoms with Gasteiger partial charge in [0.05, 0.1) is 6.61 Å². The van der Waals surface area contributed by atoms with Gasteiger partial charge in [-0.1, -0.05) is 29.8 Å². The highest BCUT2D eigenvalue weighted by Gasteiger charge is 2.29. The smallest absolute Gasteiger partial charge is 0.0606 e. The second-order valence-corrected chi connectivity index (χ2v) is 6.86. The van der Waals surface area contributed by atoms with E-state index < -0.39 is 0 Å². The Morgan fingerprint density at radius 1 is 1.40 bits per heavy atom. The molecule has 1 aliphatic carbocycles. The van der Waals surface area contributed by atoms with E-state index in [9.17, 15) is 5.11 Å². The van der Waals surface area contributed by atoms with Gasteiger partial charge in [0, 0.05) is 29.3 Å². The molecule has 1 saturated carbocycles. The van der Waals surface area contributed by atoms with Crippen molar-refractivity contribution in [3.8, 4) is 0 Å². The third-order valence-electron chi connectivity index (χ3n) is 3.55. The van der Waals surface area contributed by atoms with Crippen molar-refractivity contribution in [2.45, 2.75) is 39.3 Å². The van der Waals surface area contributed by atoms with Crippen molar-refractivity contribution in [3.63, 3.8) is 0 Å². The molecular weight excluding hydrogens is 316 g/mol. The molecule has 0 amide bonds. The standard InChI is InChI=1S/C16H25BrN2O/c1-12(2)10-18-11-13-9-14(17)3-6-16(13)19(7-8-20)15-4-5-15/h3,6,9,12,15,18,20H,4-5,7-8,10-11H2,1-2H3. The minimum Gasteiger partial charge on any atom is -0.395 e. The molecule has 2 N–H and O–H groups in total. The van der Waals surface area contributed by atoms with Gasteiger partial charge >= 0.3 is 0 Å². The summed E-state index contributed by atoms with van der Waals surface area (Å²) >= 11 is 3.56. The first-order valence-corrected chi connectivity index (χ1v) is 8.27. The quantitative estimate of drug-likeness (QED) is 0.762. The molecule has 1 aromatic carbocycles. The fraction of sp³-hybridized carbons (Fsp3) is 0.625. The number of anilines is 1. The van der Waals surface area contributed by atoms with Gasteiger partial charge < -0.3 is 15.3 Å². The lowest BCUT2D eigenvalue weighted by Crippen LogP contribution is -2.30. The van der Waals surface area contributed by atoms with Crippen molar-refractivity contribution in [1.29, 1.82) is 0 Å². The molecule has 4 heteroatoms. The number of nitrogens with zero attached hydrogens (tertiary/aromatic N) is 1. The number of halogens is 1. The summed E-state index contributed by atoms with van der Waals surface area (Å²) in [6.45, 7) is 7.28. The first kappa shape index (κ1) is 15.8. The SMILES string of the molecule is CC(C)CNCc1cc(Br)ccc1N(CCO)C1CC1. The molecule has 0 saturated heterocycles. The van der Waals surface area contributed by atoms with E-state index in [1.54, 1.807) is 0 Å². The summed E-state index contributed by atoms with van der Waals surface area (Å²) < 4.78 is 1.11. The molecule has 0 radical (unpaired) electrons. The van der Waals surface area contributed by atoms with Crippen molar-refractivity contribution < 1.29 is 5.11 Å². The van der Waals surface area contributed by atoms with Crippen LogP contribution in [-0.2, 0) is 6.54 Å². The molecule has 0 aromatic heterocycles. The zero-order valence-electron chi connectivity index (χ0n) is 12.4. The van der Waals surface area contributed by atoms with Crippen molar-refractivity contribution in [2.24, 2.45) is 5.92 Å². The Morgan fingerprint density at radius 3 is 2.75 bits per heavy atom. The van der Waals surface area contributed by atoms with Crippen LogP contribution < -0.4 is 10.2 Å². The van der Waals surface area contributed by atoms with Gasteiger partial charge in [0.15, 0.2) is 0 Å². The Hall–Kier alpha value is -0.580. The van der Waals surface area contributed by atoms with Gasteiger partial charge in [-0.15, -0.1) is 0 Å². The maximum Gasteiger partial charge on any atom is 0.0606 e. The predicted molar refractivity (Wildman–Crippen MR) is 88.1 cm³/mol. The summed E-state index contributed by atoms with van der Waals surface area (Å²) in [7, 11) is 0. The molecular formula is C16H25BrN2O. The van der Waals surface area contributed by atoms with Crippen LogP contribution in [0, 0.1) is 5.92 Å². The van der Waals surface area contributed by atoms with E-state index in [0.717, 1.165) is 24.1 Å². The minimum atomic E-state index is 0.214. The highest BCUT2D eigenvalue weighted by atomic mass is 79.9. The first-order valence-electron chi connectivity index (χ1n) is 7.48. The molecule has 1 fully saturated rings. The number of aliphatic hydroxyl groups excluding tert-OH is 1. The van der Waals surface area contributed by atoms with Crippen molar-refractivity contribution in [1.82, 2.24) is 5.32 Å². The second kappa shape index (κ2) is 7.43. The summed E-state index contributed by atoms with van der Waals surface area (Å²) in [6, 6.07) is 7.07. The summed E-state index contributed by atoms with van der Waals surface area (Å²) in [5.74, 6) is 0.655. The second-order valence-electron chi connectivity index (χ2n) is 5.95. The van der Waals surface area contributed by atoms with Crippen molar-refractivity contribution >= 4 is 21.6 Å². The largest absolute Gasteiger partial charge is 0.395 e. The van der Waals surface area contributed by atoms with Crippen molar-refractivity contribution in [3.05, 3.63) is 28.2 Å². The zero-order valence-corrected chi connectivity index (χ0v) is 14.0. The molecule has 3 nitrogen and oxygen atoms in total. The lowest BCUT2D eigenvalue weighted by molar-refractivity contribution is 0.301. The number of aliphatic hydroxyl groups is 1. The number of benzene rings is 1. The van der Waals surface area contributed by atoms with Crippen LogP contribution in [0.25, 0.3) is 0 Å². The van der Waals surface area contributed by atoms with Crippen LogP contribution in [0.5, 0.6) is 0 Å². The van der Waals surface area contributed by atoms with Gasteiger partial charge in [-0.2, -0.15) is 0 Å². The normalized spacial score (nSPS) is 14.8. The first-order chi connectivity index (χ1) is 9.61. The average Bonchev–Trinajstić information content (AvgIpc) is 3.21. The maximum absolute atomic E-state index is 9.30. The van der Waals surface area contributed by atoms with Crippen LogP contribution in [0.4, 0.5) is 5.69 Å². The zero-order chi connectivity index (χ0) is 14.5. The molecule has 0 spiro atoms. The maximum atomic E-state index is 9.30. The molecule has 20 heavy (non-hydrogen) atoms. The van der Waals surface area contributed by atoms with Gasteiger partial charge in [-0.3, -0.25) is 0 Å². The van der Waals surface area contributed by atoms with E-state index in [2.05, 4.69) is 58.2 Å². The fourth-order valence-corrected chi connectivity index (χ4v) is 2.87. The Balaban J connectivity index is 2.13. The van der Waals surface area contributed by atoms with Crippen LogP contribution in [0.2, 0.25) is 0 Å². The van der Waals surface area contributed by atoms with E-state index in [-0.39, 0.29) is 6.61 Å². The minimum absolute atomic E-state index is 0.214. The van der Waals surface area contributed by atoms with E-state index in [1.807, 2.05) is 0 Å². The van der Waals surface area contributed by atoms with Crippen LogP contribution >= 0.6 is 15.9 Å². The predicted octanol–water partition coefficient (Wildman–Crippen LogP) is 3.16. The fourth-order valence-electron chi connectivity index (χ4n) is 2.47. The summed E-state index contributed by atoms with van der Waals surface area (Å²) in [5.41, 5.74) is 2.57. The summed E-state index contributed by atoms with van der Waals surface area (Å²) in [5, 5.41) is 12.8. The number of nitrogens with one attached hydrogen (secondary N) is 1. The summed E-state index contributed by atoms with van der Waals surface area (Å²) in [6.07, 6.45) is 2.49. The molecule has 0 unspecified atom stereocenters. The third kappa shape index (κ3) is 4.47. The number of hydrogen-bond donors (Lipinski definition) is 2. The van der Waals surface area contributed by atoms with Gasteiger partial charge in [0.2, 0.25) is 0 Å². The molecule has 0 heterocycles. The van der Waals surface area contributed by atoms with Crippen LogP contribution in [0.3, 0.4) is 0 Å². The molecule has 1 aliphatic rings. The van der Waals surface area contributed by atoms with Crippen molar-refractivity contribution in [2.75, 3.05) is 24.6 Å². The molecule has 112 valence electrons. The van der Waals surface area contributed by atoms with Gasteiger partial charge in [0.1, 0.15) is 0 Å². The highest BCUT2D eigenvalue weighted by Crippen LogP contribution is 2.34.